The number of nitrogens with zero attached hydrogens (tertiary/aromatic N) is 3. The smallest absolute Gasteiger partial charge is 0.328 e. The van der Waals surface area contributed by atoms with E-state index >= 15 is 4.39 Å². The lowest BCUT2D eigenvalue weighted by Gasteiger charge is -2.45. The monoisotopic (exact) mass is 507 g/mol. The van der Waals surface area contributed by atoms with Gasteiger partial charge >= 0.3 is 5.97 Å². The summed E-state index contributed by atoms with van der Waals surface area (Å²) in [7, 11) is 1.87. The summed E-state index contributed by atoms with van der Waals surface area (Å²) in [4.78, 5) is 33.1. The number of carbonyl (C=O) groups excluding carboxylic acids is 1. The van der Waals surface area contributed by atoms with E-state index in [0.29, 0.717) is 36.9 Å². The predicted molar refractivity (Wildman–Crippen MR) is 142 cm³/mol. The van der Waals surface area contributed by atoms with Crippen molar-refractivity contribution in [2.75, 3.05) is 26.8 Å². The van der Waals surface area contributed by atoms with Crippen LogP contribution in [-0.4, -0.2) is 65.3 Å². The van der Waals surface area contributed by atoms with Gasteiger partial charge in [-0.05, 0) is 50.5 Å². The van der Waals surface area contributed by atoms with Crippen LogP contribution in [0.15, 0.2) is 59.5 Å². The lowest BCUT2D eigenvalue weighted by atomic mass is 9.82. The molecule has 0 aliphatic carbocycles. The van der Waals surface area contributed by atoms with E-state index in [1.54, 1.807) is 18.2 Å². The first-order valence-electron chi connectivity index (χ1n) is 12.6. The molecule has 1 unspecified atom stereocenters. The average Bonchev–Trinajstić information content (AvgIpc) is 3.06. The third-order valence-corrected chi connectivity index (χ3v) is 7.29. The lowest BCUT2D eigenvalue weighted by Crippen LogP contribution is -2.48. The summed E-state index contributed by atoms with van der Waals surface area (Å²) in [5.41, 5.74) is 1.73. The summed E-state index contributed by atoms with van der Waals surface area (Å²) in [5.74, 6) is -1.36. The second-order valence-corrected chi connectivity index (χ2v) is 10.2. The van der Waals surface area contributed by atoms with E-state index in [4.69, 9.17) is 14.8 Å². The normalized spacial score (nSPS) is 22.8. The Kier molecular flexibility index (Phi) is 7.78. The third-order valence-electron chi connectivity index (χ3n) is 7.29. The van der Waals surface area contributed by atoms with E-state index in [1.165, 1.54) is 12.1 Å². The van der Waals surface area contributed by atoms with Crippen molar-refractivity contribution in [3.8, 4) is 0 Å². The van der Waals surface area contributed by atoms with E-state index in [1.807, 2.05) is 22.9 Å². The standard InChI is InChI=1S/C29H34FN3O4/c1-19(22-11-8-10-21(27(22)30)12-13-26(34)35)15-25-31-23(16-24(32(25)4)29(3)17-37-18-29)28(36)33-14-7-5-6-9-20(33)2/h8,10-13,15-16,20H,1,5-7,9,14,17-18H2,2-4H3,(H,34,35)/b13-12+,25-15-. The number of rotatable bonds is 6. The number of likely N-dealkylation sites (tertiary alicyclic amines) is 1. The summed E-state index contributed by atoms with van der Waals surface area (Å²) in [6, 6.07) is 4.86. The number of hydrogen-bond donors (Lipinski definition) is 1. The van der Waals surface area contributed by atoms with Gasteiger partial charge in [0, 0.05) is 42.5 Å². The van der Waals surface area contributed by atoms with Crippen LogP contribution in [0, 0.1) is 11.2 Å². The Labute approximate surface area is 217 Å². The Morgan fingerprint density at radius 2 is 2.03 bits per heavy atom. The Morgan fingerprint density at radius 1 is 1.27 bits per heavy atom. The molecule has 0 bridgehead atoms. The maximum Gasteiger partial charge on any atom is 0.328 e. The van der Waals surface area contributed by atoms with Crippen molar-refractivity contribution < 1.29 is 23.8 Å². The molecule has 0 saturated carbocycles. The van der Waals surface area contributed by atoms with Gasteiger partial charge < -0.3 is 19.6 Å². The number of halogens is 1. The highest BCUT2D eigenvalue weighted by atomic mass is 19.1. The summed E-state index contributed by atoms with van der Waals surface area (Å²) in [6.45, 7) is 10.0. The maximum atomic E-state index is 15.2. The molecule has 196 valence electrons. The second-order valence-electron chi connectivity index (χ2n) is 10.2. The van der Waals surface area contributed by atoms with Gasteiger partial charge in [0.05, 0.1) is 18.6 Å². The first-order chi connectivity index (χ1) is 17.6. The van der Waals surface area contributed by atoms with Crippen molar-refractivity contribution >= 4 is 29.2 Å². The molecule has 1 aromatic carbocycles. The highest BCUT2D eigenvalue weighted by molar-refractivity contribution is 6.43. The van der Waals surface area contributed by atoms with Crippen LogP contribution in [0.3, 0.4) is 0 Å². The molecule has 2 fully saturated rings. The molecule has 2 saturated heterocycles. The first-order valence-corrected chi connectivity index (χ1v) is 12.6. The van der Waals surface area contributed by atoms with Crippen LogP contribution in [0.25, 0.3) is 11.6 Å². The number of carboxylic acids is 1. The van der Waals surface area contributed by atoms with Crippen LogP contribution in [-0.2, 0) is 14.3 Å². The van der Waals surface area contributed by atoms with Crippen molar-refractivity contribution in [1.29, 1.82) is 0 Å². The number of ether oxygens (including phenoxy) is 1. The largest absolute Gasteiger partial charge is 0.478 e. The molecule has 8 heteroatoms. The van der Waals surface area contributed by atoms with Gasteiger partial charge in [-0.2, -0.15) is 0 Å². The van der Waals surface area contributed by atoms with Gasteiger partial charge in [-0.15, -0.1) is 0 Å². The number of aliphatic carboxylic acids is 1. The van der Waals surface area contributed by atoms with Crippen LogP contribution in [0.5, 0.6) is 0 Å². The summed E-state index contributed by atoms with van der Waals surface area (Å²) < 4.78 is 20.7. The van der Waals surface area contributed by atoms with E-state index in [9.17, 15) is 9.59 Å². The quantitative estimate of drug-likeness (QED) is 0.555. The minimum absolute atomic E-state index is 0.104. The maximum absolute atomic E-state index is 15.2. The van der Waals surface area contributed by atoms with Gasteiger partial charge in [0.2, 0.25) is 0 Å². The molecule has 3 aliphatic heterocycles. The Hall–Kier alpha value is -3.52. The van der Waals surface area contributed by atoms with Gasteiger partial charge in [-0.1, -0.05) is 37.6 Å². The van der Waals surface area contributed by atoms with Crippen LogP contribution in [0.1, 0.15) is 50.7 Å². The van der Waals surface area contributed by atoms with Crippen LogP contribution in [0.2, 0.25) is 0 Å². The molecule has 3 heterocycles. The average molecular weight is 508 g/mol. The lowest BCUT2D eigenvalue weighted by molar-refractivity contribution is -0.131. The van der Waals surface area contributed by atoms with Crippen molar-refractivity contribution in [3.63, 3.8) is 0 Å². The Bertz CT molecular complexity index is 1230. The summed E-state index contributed by atoms with van der Waals surface area (Å²) in [6.07, 6.45) is 9.78. The minimum atomic E-state index is -1.16. The SMILES string of the molecule is C=C(/C=C1/N=C(C(=O)N2CCCCCC2C)C=C(C2(C)COC2)N1C)c1cccc(/C=C/C(=O)O)c1F. The molecule has 1 N–H and O–H groups in total. The molecule has 0 aromatic heterocycles. The number of benzene rings is 1. The molecule has 1 aromatic rings. The Morgan fingerprint density at radius 3 is 2.70 bits per heavy atom. The molecule has 4 rings (SSSR count). The molecule has 37 heavy (non-hydrogen) atoms. The topological polar surface area (TPSA) is 82.4 Å². The number of aliphatic imine (C=N–C) groups is 1. The van der Waals surface area contributed by atoms with E-state index in [2.05, 4.69) is 20.4 Å². The second kappa shape index (κ2) is 10.8. The molecule has 0 spiro atoms. The fourth-order valence-electron chi connectivity index (χ4n) is 5.00. The minimum Gasteiger partial charge on any atom is -0.478 e. The molecule has 3 aliphatic rings. The van der Waals surface area contributed by atoms with Crippen LogP contribution >= 0.6 is 0 Å². The van der Waals surface area contributed by atoms with Crippen molar-refractivity contribution in [1.82, 2.24) is 9.80 Å². The third kappa shape index (κ3) is 5.59. The number of hydrogen-bond acceptors (Lipinski definition) is 5. The highest BCUT2D eigenvalue weighted by Crippen LogP contribution is 2.40. The summed E-state index contributed by atoms with van der Waals surface area (Å²) >= 11 is 0. The first kappa shape index (κ1) is 26.5. The zero-order valence-corrected chi connectivity index (χ0v) is 21.7. The van der Waals surface area contributed by atoms with Gasteiger partial charge in [0.1, 0.15) is 17.3 Å². The van der Waals surface area contributed by atoms with Gasteiger partial charge in [0.15, 0.2) is 0 Å². The number of amides is 1. The van der Waals surface area contributed by atoms with Crippen LogP contribution in [0.4, 0.5) is 4.39 Å². The van der Waals surface area contributed by atoms with E-state index in [0.717, 1.165) is 37.5 Å². The van der Waals surface area contributed by atoms with Gasteiger partial charge in [-0.25, -0.2) is 14.2 Å². The van der Waals surface area contributed by atoms with E-state index < -0.39 is 11.8 Å². The van der Waals surface area contributed by atoms with Gasteiger partial charge in [-0.3, -0.25) is 4.79 Å². The molecule has 7 nitrogen and oxygen atoms in total. The van der Waals surface area contributed by atoms with Crippen molar-refractivity contribution in [3.05, 3.63) is 71.5 Å². The van der Waals surface area contributed by atoms with Crippen molar-refractivity contribution in [2.45, 2.75) is 45.6 Å². The molecular weight excluding hydrogens is 473 g/mol. The molecule has 1 amide bonds. The highest BCUT2D eigenvalue weighted by Gasteiger charge is 2.42. The number of carbonyl (C=O) groups is 2. The zero-order chi connectivity index (χ0) is 26.7. The number of carboxylic acid groups (broad SMARTS) is 1. The van der Waals surface area contributed by atoms with Crippen LogP contribution < -0.4 is 0 Å². The van der Waals surface area contributed by atoms with Crippen molar-refractivity contribution in [2.24, 2.45) is 10.4 Å². The molecular formula is C29H34FN3O4. The molecule has 0 radical (unpaired) electrons. The fraction of sp³-hybridized carbons (Fsp3) is 0.414. The van der Waals surface area contributed by atoms with Gasteiger partial charge in [0.25, 0.3) is 5.91 Å². The predicted octanol–water partition coefficient (Wildman–Crippen LogP) is 4.88. The molecule has 1 atom stereocenters. The number of allylic oxidation sites excluding steroid dienone is 2. The Balaban J connectivity index is 1.71. The fourth-order valence-corrected chi connectivity index (χ4v) is 5.00. The zero-order valence-electron chi connectivity index (χ0n) is 21.7. The van der Waals surface area contributed by atoms with E-state index in [-0.39, 0.29) is 28.5 Å². The summed E-state index contributed by atoms with van der Waals surface area (Å²) in [5, 5.41) is 8.90.